The molecule has 3 aromatic carbocycles. The van der Waals surface area contributed by atoms with E-state index < -0.39 is 11.6 Å². The maximum atomic E-state index is 15.0. The molecule has 38 heavy (non-hydrogen) atoms. The van der Waals surface area contributed by atoms with Crippen molar-refractivity contribution in [1.82, 2.24) is 0 Å². The van der Waals surface area contributed by atoms with Gasteiger partial charge in [-0.3, -0.25) is 0 Å². The molecule has 0 unspecified atom stereocenters. The Balaban J connectivity index is 1.41. The molecule has 0 atom stereocenters. The van der Waals surface area contributed by atoms with E-state index in [4.69, 9.17) is 14.2 Å². The van der Waals surface area contributed by atoms with Gasteiger partial charge in [0.05, 0.1) is 19.8 Å². The summed E-state index contributed by atoms with van der Waals surface area (Å²) in [6.07, 6.45) is 8.58. The molecular weight excluding hydrogens is 489 g/mol. The van der Waals surface area contributed by atoms with Crippen molar-refractivity contribution in [2.75, 3.05) is 19.8 Å². The summed E-state index contributed by atoms with van der Waals surface area (Å²) in [6, 6.07) is 14.8. The first-order valence-corrected chi connectivity index (χ1v) is 13.4. The van der Waals surface area contributed by atoms with Crippen molar-refractivity contribution >= 4 is 0 Å². The second-order valence-electron chi connectivity index (χ2n) is 9.58. The third-order valence-electron chi connectivity index (χ3n) is 6.80. The van der Waals surface area contributed by atoms with Crippen molar-refractivity contribution in [3.63, 3.8) is 0 Å². The van der Waals surface area contributed by atoms with Crippen LogP contribution in [-0.2, 0) is 9.47 Å². The molecule has 3 aromatic rings. The van der Waals surface area contributed by atoms with Gasteiger partial charge in [-0.15, -0.1) is 0 Å². The monoisotopic (exact) mass is 524 g/mol. The van der Waals surface area contributed by atoms with E-state index in [1.165, 1.54) is 18.2 Å². The third kappa shape index (κ3) is 6.86. The van der Waals surface area contributed by atoms with Gasteiger partial charge in [0.2, 0.25) is 5.82 Å². The zero-order chi connectivity index (χ0) is 26.9. The highest BCUT2D eigenvalue weighted by Crippen LogP contribution is 2.33. The van der Waals surface area contributed by atoms with Gasteiger partial charge in [0.25, 0.3) is 0 Å². The third-order valence-corrected chi connectivity index (χ3v) is 6.80. The van der Waals surface area contributed by atoms with Gasteiger partial charge >= 0.3 is 0 Å². The van der Waals surface area contributed by atoms with Crippen LogP contribution >= 0.6 is 0 Å². The van der Waals surface area contributed by atoms with Crippen LogP contribution in [0.1, 0.15) is 57.4 Å². The fourth-order valence-corrected chi connectivity index (χ4v) is 4.58. The van der Waals surface area contributed by atoms with Crippen molar-refractivity contribution < 1.29 is 27.4 Å². The average molecular weight is 525 g/mol. The predicted molar refractivity (Wildman–Crippen MR) is 145 cm³/mol. The Labute approximate surface area is 223 Å². The van der Waals surface area contributed by atoms with E-state index in [2.05, 4.69) is 6.92 Å². The van der Waals surface area contributed by atoms with Gasteiger partial charge in [-0.2, -0.15) is 4.39 Å². The molecule has 202 valence electrons. The lowest BCUT2D eigenvalue weighted by Crippen LogP contribution is -2.29. The van der Waals surface area contributed by atoms with E-state index in [0.29, 0.717) is 36.5 Å². The molecule has 0 aliphatic carbocycles. The van der Waals surface area contributed by atoms with Crippen molar-refractivity contribution in [1.29, 1.82) is 0 Å². The molecule has 4 rings (SSSR count). The minimum atomic E-state index is -0.991. The molecular formula is C32H35F3O3. The van der Waals surface area contributed by atoms with E-state index >= 15 is 4.39 Å². The molecule has 1 heterocycles. The average Bonchev–Trinajstić information content (AvgIpc) is 2.94. The van der Waals surface area contributed by atoms with Crippen LogP contribution in [0.25, 0.3) is 22.3 Å². The highest BCUT2D eigenvalue weighted by atomic mass is 19.2. The number of ether oxygens (including phenoxy) is 3. The predicted octanol–water partition coefficient (Wildman–Crippen LogP) is 8.82. The van der Waals surface area contributed by atoms with Crippen molar-refractivity contribution in [3.05, 3.63) is 89.8 Å². The first-order chi connectivity index (χ1) is 18.5. The number of hydrogen-bond donors (Lipinski definition) is 0. The van der Waals surface area contributed by atoms with Gasteiger partial charge in [-0.25, -0.2) is 8.78 Å². The first-order valence-electron chi connectivity index (χ1n) is 13.4. The summed E-state index contributed by atoms with van der Waals surface area (Å²) in [5, 5.41) is 0. The standard InChI is InChI=1S/C32H35F3O3/c1-3-5-6-7-8-18-36-29-17-16-27(31(34)32(29)35)23-12-10-22(11-13-23)26-15-14-24(19-28(26)33)25-20-37-30(9-4-2)38-21-25/h4,9-17,19,25,30H,3,5-8,18,20-21H2,1-2H3/b9-4+. The topological polar surface area (TPSA) is 27.7 Å². The molecule has 6 heteroatoms. The number of rotatable bonds is 11. The van der Waals surface area contributed by atoms with Gasteiger partial charge in [0, 0.05) is 17.0 Å². The Hall–Kier alpha value is -3.09. The summed E-state index contributed by atoms with van der Waals surface area (Å²) in [6.45, 7) is 5.30. The number of unbranched alkanes of at least 4 members (excludes halogenated alkanes) is 4. The molecule has 0 N–H and O–H groups in total. The number of hydrogen-bond acceptors (Lipinski definition) is 3. The summed E-state index contributed by atoms with van der Waals surface area (Å²) >= 11 is 0. The SMILES string of the molecule is C/C=C/C1OCC(c2ccc(-c3ccc(-c4ccc(OCCCCCCC)c(F)c4F)cc3)c(F)c2)CO1. The van der Waals surface area contributed by atoms with E-state index in [1.54, 1.807) is 30.3 Å². The fourth-order valence-electron chi connectivity index (χ4n) is 4.58. The lowest BCUT2D eigenvalue weighted by atomic mass is 9.95. The smallest absolute Gasteiger partial charge is 0.201 e. The summed E-state index contributed by atoms with van der Waals surface area (Å²) in [7, 11) is 0. The van der Waals surface area contributed by atoms with Crippen LogP contribution in [0.5, 0.6) is 5.75 Å². The van der Waals surface area contributed by atoms with E-state index in [9.17, 15) is 8.78 Å². The minimum absolute atomic E-state index is 0.0479. The lowest BCUT2D eigenvalue weighted by Gasteiger charge is -2.28. The Bertz CT molecular complexity index is 1220. The second-order valence-corrected chi connectivity index (χ2v) is 9.58. The van der Waals surface area contributed by atoms with Crippen molar-refractivity contribution in [2.24, 2.45) is 0 Å². The van der Waals surface area contributed by atoms with Gasteiger partial charge in [-0.05, 0) is 54.3 Å². The summed E-state index contributed by atoms with van der Waals surface area (Å²) < 4.78 is 61.4. The van der Waals surface area contributed by atoms with E-state index in [0.717, 1.165) is 37.7 Å². The van der Waals surface area contributed by atoms with Gasteiger partial charge in [-0.1, -0.05) is 75.1 Å². The highest BCUT2D eigenvalue weighted by Gasteiger charge is 2.23. The largest absolute Gasteiger partial charge is 0.490 e. The van der Waals surface area contributed by atoms with Crippen molar-refractivity contribution in [2.45, 2.75) is 58.2 Å². The van der Waals surface area contributed by atoms with Gasteiger partial charge in [0.1, 0.15) is 5.82 Å². The molecule has 3 nitrogen and oxygen atoms in total. The molecule has 0 spiro atoms. The minimum Gasteiger partial charge on any atom is -0.490 e. The quantitative estimate of drug-likeness (QED) is 0.185. The molecule has 1 saturated heterocycles. The molecule has 0 amide bonds. The van der Waals surface area contributed by atoms with Gasteiger partial charge in [0.15, 0.2) is 17.9 Å². The van der Waals surface area contributed by atoms with Crippen LogP contribution in [0, 0.1) is 17.5 Å². The molecule has 1 fully saturated rings. The Morgan fingerprint density at radius 2 is 1.47 bits per heavy atom. The molecule has 0 saturated carbocycles. The summed E-state index contributed by atoms with van der Waals surface area (Å²) in [4.78, 5) is 0. The molecule has 0 bridgehead atoms. The highest BCUT2D eigenvalue weighted by molar-refractivity contribution is 5.71. The van der Waals surface area contributed by atoms with E-state index in [1.807, 2.05) is 25.1 Å². The maximum Gasteiger partial charge on any atom is 0.201 e. The maximum absolute atomic E-state index is 15.0. The van der Waals surface area contributed by atoms with Crippen LogP contribution in [0.3, 0.4) is 0 Å². The normalized spacial score (nSPS) is 17.7. The van der Waals surface area contributed by atoms with Crippen LogP contribution < -0.4 is 4.74 Å². The zero-order valence-electron chi connectivity index (χ0n) is 22.0. The summed E-state index contributed by atoms with van der Waals surface area (Å²) in [5.41, 5.74) is 2.52. The zero-order valence-corrected chi connectivity index (χ0v) is 22.0. The molecule has 0 radical (unpaired) electrons. The van der Waals surface area contributed by atoms with Crippen LogP contribution in [0.15, 0.2) is 66.7 Å². The first kappa shape index (κ1) is 27.9. The Morgan fingerprint density at radius 3 is 2.13 bits per heavy atom. The van der Waals surface area contributed by atoms with Crippen LogP contribution in [0.2, 0.25) is 0 Å². The van der Waals surface area contributed by atoms with Crippen LogP contribution in [0.4, 0.5) is 13.2 Å². The summed E-state index contributed by atoms with van der Waals surface area (Å²) in [5.74, 6) is -2.43. The van der Waals surface area contributed by atoms with Crippen LogP contribution in [-0.4, -0.2) is 26.1 Å². The van der Waals surface area contributed by atoms with Gasteiger partial charge < -0.3 is 14.2 Å². The Morgan fingerprint density at radius 1 is 0.816 bits per heavy atom. The molecule has 0 aromatic heterocycles. The second kappa shape index (κ2) is 13.6. The molecule has 1 aliphatic rings. The number of benzene rings is 3. The van der Waals surface area contributed by atoms with Crippen molar-refractivity contribution in [3.8, 4) is 28.0 Å². The number of halogens is 3. The lowest BCUT2D eigenvalue weighted by molar-refractivity contribution is -0.159. The molecule has 1 aliphatic heterocycles. The van der Waals surface area contributed by atoms with E-state index in [-0.39, 0.29) is 29.3 Å². The fraction of sp³-hybridized carbons (Fsp3) is 0.375. The Kier molecular flexibility index (Phi) is 10.0. The number of allylic oxidation sites excluding steroid dienone is 1.